The van der Waals surface area contributed by atoms with Gasteiger partial charge in [-0.05, 0) is 32.0 Å². The highest BCUT2D eigenvalue weighted by atomic mass is 35.5. The van der Waals surface area contributed by atoms with E-state index in [1.54, 1.807) is 6.07 Å². The number of rotatable bonds is 3. The fourth-order valence-electron chi connectivity index (χ4n) is 2.25. The van der Waals surface area contributed by atoms with Crippen molar-refractivity contribution < 1.29 is 9.59 Å². The maximum absolute atomic E-state index is 12.3. The van der Waals surface area contributed by atoms with Gasteiger partial charge in [0, 0.05) is 25.3 Å². The number of aromatic nitrogens is 1. The van der Waals surface area contributed by atoms with Gasteiger partial charge in [-0.15, -0.1) is 12.4 Å². The first kappa shape index (κ1) is 16.4. The summed E-state index contributed by atoms with van der Waals surface area (Å²) in [7, 11) is 1.90. The second-order valence-electron chi connectivity index (χ2n) is 4.68. The third-order valence-electron chi connectivity index (χ3n) is 3.38. The van der Waals surface area contributed by atoms with Gasteiger partial charge in [0.25, 0.3) is 11.8 Å². The normalized spacial score (nSPS) is 18.2. The van der Waals surface area contributed by atoms with Crippen LogP contribution in [0.4, 0.5) is 0 Å². The number of nitrogens with zero attached hydrogens (tertiary/aromatic N) is 2. The largest absolute Gasteiger partial charge is 0.364 e. The lowest BCUT2D eigenvalue weighted by Crippen LogP contribution is -2.47. The number of piperidine rings is 1. The number of likely N-dealkylation sites (tertiary alicyclic amines) is 1. The molecule has 1 aliphatic heterocycles. The van der Waals surface area contributed by atoms with Gasteiger partial charge in [0.2, 0.25) is 0 Å². The summed E-state index contributed by atoms with van der Waals surface area (Å²) in [6, 6.07) is 3.42. The van der Waals surface area contributed by atoms with Crippen LogP contribution >= 0.6 is 12.4 Å². The van der Waals surface area contributed by atoms with E-state index < -0.39 is 5.91 Å². The summed E-state index contributed by atoms with van der Waals surface area (Å²) >= 11 is 0. The lowest BCUT2D eigenvalue weighted by Gasteiger charge is -2.32. The van der Waals surface area contributed by atoms with Crippen LogP contribution in [-0.2, 0) is 0 Å². The highest BCUT2D eigenvalue weighted by Gasteiger charge is 2.23. The molecule has 0 aliphatic carbocycles. The minimum absolute atomic E-state index is 0. The minimum Gasteiger partial charge on any atom is -0.364 e. The number of halogens is 1. The van der Waals surface area contributed by atoms with E-state index in [2.05, 4.69) is 10.3 Å². The monoisotopic (exact) mass is 298 g/mol. The molecule has 1 aromatic heterocycles. The highest BCUT2D eigenvalue weighted by Crippen LogP contribution is 2.13. The Balaban J connectivity index is 0.00000200. The lowest BCUT2D eigenvalue weighted by molar-refractivity contribution is 0.0697. The number of pyridine rings is 1. The molecule has 2 amide bonds. The first-order valence-corrected chi connectivity index (χ1v) is 6.34. The fourth-order valence-corrected chi connectivity index (χ4v) is 2.25. The first-order valence-electron chi connectivity index (χ1n) is 6.34. The second kappa shape index (κ2) is 7.21. The van der Waals surface area contributed by atoms with E-state index in [0.717, 1.165) is 19.4 Å². The van der Waals surface area contributed by atoms with E-state index in [1.165, 1.54) is 12.3 Å². The number of hydrogen-bond acceptors (Lipinski definition) is 4. The average molecular weight is 299 g/mol. The molecule has 1 saturated heterocycles. The Bertz CT molecular complexity index is 478. The summed E-state index contributed by atoms with van der Waals surface area (Å²) in [4.78, 5) is 28.9. The van der Waals surface area contributed by atoms with Crippen LogP contribution in [0.25, 0.3) is 0 Å². The van der Waals surface area contributed by atoms with Crippen molar-refractivity contribution in [2.45, 2.75) is 18.9 Å². The zero-order valence-electron chi connectivity index (χ0n) is 11.3. The number of hydrogen-bond donors (Lipinski definition) is 2. The molecule has 3 N–H and O–H groups in total. The van der Waals surface area contributed by atoms with Gasteiger partial charge in [-0.1, -0.05) is 0 Å². The van der Waals surface area contributed by atoms with Gasteiger partial charge in [-0.3, -0.25) is 14.6 Å². The van der Waals surface area contributed by atoms with Crippen molar-refractivity contribution in [3.8, 4) is 0 Å². The third-order valence-corrected chi connectivity index (χ3v) is 3.38. The van der Waals surface area contributed by atoms with Crippen LogP contribution in [0.3, 0.4) is 0 Å². The number of likely N-dealkylation sites (N-methyl/N-ethyl adjacent to an activating group) is 1. The van der Waals surface area contributed by atoms with Crippen molar-refractivity contribution in [3.05, 3.63) is 29.6 Å². The van der Waals surface area contributed by atoms with Crippen LogP contribution in [0, 0.1) is 0 Å². The second-order valence-corrected chi connectivity index (χ2v) is 4.68. The van der Waals surface area contributed by atoms with E-state index in [1.807, 2.05) is 11.9 Å². The summed E-state index contributed by atoms with van der Waals surface area (Å²) < 4.78 is 0. The molecule has 110 valence electrons. The Kier molecular flexibility index (Phi) is 5.91. The quantitative estimate of drug-likeness (QED) is 0.847. The molecule has 20 heavy (non-hydrogen) atoms. The van der Waals surface area contributed by atoms with Crippen LogP contribution in [0.5, 0.6) is 0 Å². The third kappa shape index (κ3) is 3.68. The molecular weight excluding hydrogens is 280 g/mol. The Hall–Kier alpha value is -1.66. The van der Waals surface area contributed by atoms with Crippen LogP contribution in [-0.4, -0.2) is 47.9 Å². The molecule has 2 rings (SSSR count). The standard InChI is InChI=1S/C13H18N4O2.ClH/c1-15-10-3-2-6-17(8-10)13(19)9-4-5-11(12(14)18)16-7-9;/h4-5,7,10,15H,2-3,6,8H2,1H3,(H2,14,18);1H. The summed E-state index contributed by atoms with van der Waals surface area (Å²) in [5.41, 5.74) is 5.77. The number of carbonyl (C=O) groups is 2. The van der Waals surface area contributed by atoms with E-state index in [9.17, 15) is 9.59 Å². The predicted molar refractivity (Wildman–Crippen MR) is 78.0 cm³/mol. The van der Waals surface area contributed by atoms with Crippen LogP contribution in [0.1, 0.15) is 33.7 Å². The smallest absolute Gasteiger partial charge is 0.267 e. The van der Waals surface area contributed by atoms with Crippen molar-refractivity contribution in [2.24, 2.45) is 5.73 Å². The molecule has 0 aromatic carbocycles. The molecule has 1 atom stereocenters. The first-order chi connectivity index (χ1) is 9.11. The highest BCUT2D eigenvalue weighted by molar-refractivity contribution is 5.95. The number of carbonyl (C=O) groups excluding carboxylic acids is 2. The zero-order valence-corrected chi connectivity index (χ0v) is 12.2. The maximum atomic E-state index is 12.3. The number of primary amides is 1. The lowest BCUT2D eigenvalue weighted by atomic mass is 10.0. The van der Waals surface area contributed by atoms with E-state index >= 15 is 0 Å². The fraction of sp³-hybridized carbons (Fsp3) is 0.462. The van der Waals surface area contributed by atoms with Crippen LogP contribution in [0.2, 0.25) is 0 Å². The van der Waals surface area contributed by atoms with Gasteiger partial charge in [0.1, 0.15) is 5.69 Å². The molecule has 1 aromatic rings. The molecule has 1 fully saturated rings. The van der Waals surface area contributed by atoms with Crippen LogP contribution in [0.15, 0.2) is 18.3 Å². The number of nitrogens with one attached hydrogen (secondary N) is 1. The Labute approximate surface area is 124 Å². The maximum Gasteiger partial charge on any atom is 0.267 e. The summed E-state index contributed by atoms with van der Waals surface area (Å²) in [5.74, 6) is -0.643. The van der Waals surface area contributed by atoms with Crippen molar-refractivity contribution >= 4 is 24.2 Å². The van der Waals surface area contributed by atoms with Gasteiger partial charge in [0.05, 0.1) is 5.56 Å². The van der Waals surface area contributed by atoms with Gasteiger partial charge in [-0.2, -0.15) is 0 Å². The van der Waals surface area contributed by atoms with Gasteiger partial charge < -0.3 is 16.0 Å². The molecule has 0 bridgehead atoms. The number of amides is 2. The molecule has 0 radical (unpaired) electrons. The molecule has 0 spiro atoms. The van der Waals surface area contributed by atoms with Crippen molar-refractivity contribution in [1.29, 1.82) is 0 Å². The summed E-state index contributed by atoms with van der Waals surface area (Å²) in [6.45, 7) is 1.46. The van der Waals surface area contributed by atoms with Gasteiger partial charge >= 0.3 is 0 Å². The van der Waals surface area contributed by atoms with Crippen molar-refractivity contribution in [1.82, 2.24) is 15.2 Å². The topological polar surface area (TPSA) is 88.3 Å². The Morgan fingerprint density at radius 2 is 2.20 bits per heavy atom. The SMILES string of the molecule is CNC1CCCN(C(=O)c2ccc(C(N)=O)nc2)C1.Cl. The minimum atomic E-state index is -0.591. The molecule has 1 aliphatic rings. The molecule has 2 heterocycles. The van der Waals surface area contributed by atoms with Gasteiger partial charge in [-0.25, -0.2) is 0 Å². The molecule has 0 saturated carbocycles. The Morgan fingerprint density at radius 1 is 1.45 bits per heavy atom. The predicted octanol–water partition coefficient (Wildman–Crippen LogP) is 0.426. The van der Waals surface area contributed by atoms with E-state index in [-0.39, 0.29) is 24.0 Å². The molecule has 6 nitrogen and oxygen atoms in total. The zero-order chi connectivity index (χ0) is 13.8. The van der Waals surface area contributed by atoms with Crippen LogP contribution < -0.4 is 11.1 Å². The van der Waals surface area contributed by atoms with E-state index in [0.29, 0.717) is 18.2 Å². The van der Waals surface area contributed by atoms with Crippen molar-refractivity contribution in [3.63, 3.8) is 0 Å². The molecular formula is C13H19ClN4O2. The number of nitrogens with two attached hydrogens (primary N) is 1. The Morgan fingerprint density at radius 3 is 2.75 bits per heavy atom. The van der Waals surface area contributed by atoms with Gasteiger partial charge in [0.15, 0.2) is 0 Å². The summed E-state index contributed by atoms with van der Waals surface area (Å²) in [5, 5.41) is 3.19. The molecule has 7 heteroatoms. The molecule has 1 unspecified atom stereocenters. The van der Waals surface area contributed by atoms with E-state index in [4.69, 9.17) is 5.73 Å². The van der Waals surface area contributed by atoms with Crippen molar-refractivity contribution in [2.75, 3.05) is 20.1 Å². The summed E-state index contributed by atoms with van der Waals surface area (Å²) in [6.07, 6.45) is 3.48. The average Bonchev–Trinajstić information content (AvgIpc) is 2.46.